The summed E-state index contributed by atoms with van der Waals surface area (Å²) in [7, 11) is -5.40. The number of hydrogen-bond acceptors (Lipinski definition) is 3. The fourth-order valence-corrected chi connectivity index (χ4v) is 3.23. The van der Waals surface area contributed by atoms with Gasteiger partial charge in [0.05, 0.1) is 21.7 Å². The van der Waals surface area contributed by atoms with E-state index in [9.17, 15) is 35.7 Å². The molecule has 1 amide bonds. The monoisotopic (exact) mass is 463 g/mol. The molecule has 2 rings (SSSR count). The van der Waals surface area contributed by atoms with Gasteiger partial charge < -0.3 is 10.3 Å². The first-order chi connectivity index (χ1) is 13.0. The Kier molecular flexibility index (Phi) is 5.97. The first-order valence-electron chi connectivity index (χ1n) is 7.19. The van der Waals surface area contributed by atoms with E-state index in [4.69, 9.17) is 27.1 Å². The lowest BCUT2D eigenvalue weighted by Gasteiger charge is -2.22. The number of hydrogen-bond donors (Lipinski definition) is 3. The van der Waals surface area contributed by atoms with Crippen LogP contribution >= 0.6 is 19.4 Å². The summed E-state index contributed by atoms with van der Waals surface area (Å²) in [5.41, 5.74) is -2.44. The third-order valence-corrected chi connectivity index (χ3v) is 4.25. The molecule has 0 saturated heterocycles. The highest BCUT2D eigenvalue weighted by Gasteiger charge is 2.45. The van der Waals surface area contributed by atoms with Crippen LogP contribution < -0.4 is 10.3 Å². The molecule has 14 heteroatoms. The van der Waals surface area contributed by atoms with Gasteiger partial charge in [0.1, 0.15) is 5.75 Å². The van der Waals surface area contributed by atoms with Crippen LogP contribution in [-0.2, 0) is 16.9 Å². The second-order valence-corrected chi connectivity index (χ2v) is 7.04. The Bertz CT molecular complexity index is 1020. The van der Waals surface area contributed by atoms with Gasteiger partial charge in [-0.3, -0.25) is 14.6 Å². The molecule has 2 aromatic carbocycles. The highest BCUT2D eigenvalue weighted by molar-refractivity contribution is 7.46. The molecule has 0 aliphatic rings. The second kappa shape index (κ2) is 7.52. The summed E-state index contributed by atoms with van der Waals surface area (Å²) in [6, 6.07) is 2.84. The van der Waals surface area contributed by atoms with Crippen molar-refractivity contribution in [3.05, 3.63) is 52.0 Å². The number of alkyl halides is 6. The molecule has 0 spiro atoms. The molecule has 0 bridgehead atoms. The smallest absolute Gasteiger partial charge is 0.404 e. The average molecular weight is 464 g/mol. The lowest BCUT2D eigenvalue weighted by molar-refractivity contribution is -0.161. The summed E-state index contributed by atoms with van der Waals surface area (Å²) >= 11 is 5.76. The predicted octanol–water partition coefficient (Wildman–Crippen LogP) is 4.62. The molecule has 29 heavy (non-hydrogen) atoms. The van der Waals surface area contributed by atoms with Crippen molar-refractivity contribution in [3.8, 4) is 16.9 Å². The largest absolute Gasteiger partial charge is 0.524 e. The number of rotatable bonds is 4. The minimum absolute atomic E-state index is 0.157. The van der Waals surface area contributed by atoms with Gasteiger partial charge in [-0.05, 0) is 23.8 Å². The zero-order chi connectivity index (χ0) is 22.4. The number of nitrogens with two attached hydrogens (primary N) is 1. The van der Waals surface area contributed by atoms with Gasteiger partial charge >= 0.3 is 20.2 Å². The van der Waals surface area contributed by atoms with Crippen LogP contribution in [0.3, 0.4) is 0 Å². The molecule has 0 fully saturated rings. The van der Waals surface area contributed by atoms with E-state index >= 15 is 0 Å². The zero-order valence-electron chi connectivity index (χ0n) is 13.7. The van der Waals surface area contributed by atoms with E-state index in [0.717, 1.165) is 6.07 Å². The predicted molar refractivity (Wildman–Crippen MR) is 88.1 cm³/mol. The number of carbonyl (C=O) groups is 1. The van der Waals surface area contributed by atoms with Crippen LogP contribution in [0, 0.1) is 0 Å². The van der Waals surface area contributed by atoms with E-state index in [1.165, 1.54) is 0 Å². The summed E-state index contributed by atoms with van der Waals surface area (Å²) in [6.07, 6.45) is -11.0. The van der Waals surface area contributed by atoms with Crippen LogP contribution in [0.15, 0.2) is 30.3 Å². The van der Waals surface area contributed by atoms with Crippen molar-refractivity contribution in [1.29, 1.82) is 0 Å². The molecule has 158 valence electrons. The third kappa shape index (κ3) is 5.02. The molecule has 2 aromatic rings. The first-order valence-corrected chi connectivity index (χ1v) is 9.10. The third-order valence-electron chi connectivity index (χ3n) is 3.50. The minimum atomic E-state index is -5.59. The number of phosphoric ester groups is 1. The van der Waals surface area contributed by atoms with Crippen molar-refractivity contribution >= 4 is 25.3 Å². The molecule has 0 aliphatic carbocycles. The number of phosphoric acid groups is 1. The molecule has 0 aromatic heterocycles. The van der Waals surface area contributed by atoms with Gasteiger partial charge in [-0.15, -0.1) is 0 Å². The first kappa shape index (κ1) is 23.0. The molecular formula is C15H9ClF6NO5P. The molecule has 0 heterocycles. The molecular weight excluding hydrogens is 455 g/mol. The SMILES string of the molecule is NC(=O)c1c(Cl)ccc(OP(=O)(O)O)c1-c1cccc(C(F)(F)F)c1C(F)(F)F. The highest BCUT2D eigenvalue weighted by Crippen LogP contribution is 2.50. The van der Waals surface area contributed by atoms with Gasteiger partial charge in [-0.25, -0.2) is 4.57 Å². The summed E-state index contributed by atoms with van der Waals surface area (Å²) < 4.78 is 95.8. The molecule has 6 nitrogen and oxygen atoms in total. The van der Waals surface area contributed by atoms with Crippen molar-refractivity contribution < 1.29 is 50.0 Å². The van der Waals surface area contributed by atoms with Gasteiger partial charge in [0, 0.05) is 5.56 Å². The van der Waals surface area contributed by atoms with Gasteiger partial charge in [0.2, 0.25) is 0 Å². The molecule has 0 aliphatic heterocycles. The van der Waals surface area contributed by atoms with Crippen LogP contribution in [0.4, 0.5) is 26.3 Å². The second-order valence-electron chi connectivity index (χ2n) is 5.47. The number of amides is 1. The quantitative estimate of drug-likeness (QED) is 0.453. The van der Waals surface area contributed by atoms with Crippen molar-refractivity contribution in [2.75, 3.05) is 0 Å². The lowest BCUT2D eigenvalue weighted by Crippen LogP contribution is -2.19. The summed E-state index contributed by atoms with van der Waals surface area (Å²) in [5.74, 6) is -2.49. The maximum atomic E-state index is 13.6. The molecule has 0 radical (unpaired) electrons. The Morgan fingerprint density at radius 3 is 2.07 bits per heavy atom. The van der Waals surface area contributed by atoms with Gasteiger partial charge in [-0.1, -0.05) is 23.7 Å². The fraction of sp³-hybridized carbons (Fsp3) is 0.133. The summed E-state index contributed by atoms with van der Waals surface area (Å²) in [5, 5.41) is -0.573. The van der Waals surface area contributed by atoms with E-state index < -0.39 is 64.7 Å². The van der Waals surface area contributed by atoms with E-state index in [2.05, 4.69) is 4.52 Å². The maximum Gasteiger partial charge on any atom is 0.524 e. The van der Waals surface area contributed by atoms with E-state index in [1.54, 1.807) is 0 Å². The maximum absolute atomic E-state index is 13.6. The average Bonchev–Trinajstić information content (AvgIpc) is 2.52. The Hall–Kier alpha value is -2.27. The standard InChI is InChI=1S/C15H9ClF6NO5P/c16-8-4-5-9(28-29(25,26)27)10(11(8)13(23)24)6-2-1-3-7(14(17,18)19)12(6)15(20,21)22/h1-5H,(H2,23,24)(H2,25,26,27). The Morgan fingerprint density at radius 1 is 1.03 bits per heavy atom. The fourth-order valence-electron chi connectivity index (χ4n) is 2.57. The highest BCUT2D eigenvalue weighted by atomic mass is 35.5. The Morgan fingerprint density at radius 2 is 1.62 bits per heavy atom. The number of carbonyl (C=O) groups excluding carboxylic acids is 1. The van der Waals surface area contributed by atoms with Gasteiger partial charge in [0.15, 0.2) is 0 Å². The van der Waals surface area contributed by atoms with E-state index in [0.29, 0.717) is 18.2 Å². The van der Waals surface area contributed by atoms with Crippen LogP contribution in [-0.4, -0.2) is 15.7 Å². The van der Waals surface area contributed by atoms with Crippen molar-refractivity contribution in [1.82, 2.24) is 0 Å². The Balaban J connectivity index is 3.07. The Labute approximate surface area is 163 Å². The number of benzene rings is 2. The summed E-state index contributed by atoms with van der Waals surface area (Å²) in [4.78, 5) is 29.7. The van der Waals surface area contributed by atoms with Crippen LogP contribution in [0.5, 0.6) is 5.75 Å². The van der Waals surface area contributed by atoms with Crippen LogP contribution in [0.25, 0.3) is 11.1 Å². The normalized spacial score (nSPS) is 12.7. The minimum Gasteiger partial charge on any atom is -0.404 e. The molecule has 0 atom stereocenters. The molecule has 0 unspecified atom stereocenters. The van der Waals surface area contributed by atoms with Gasteiger partial charge in [-0.2, -0.15) is 26.3 Å². The van der Waals surface area contributed by atoms with Crippen LogP contribution in [0.2, 0.25) is 5.02 Å². The van der Waals surface area contributed by atoms with E-state index in [-0.39, 0.29) is 6.07 Å². The molecule has 0 saturated carbocycles. The lowest BCUT2D eigenvalue weighted by atomic mass is 9.90. The van der Waals surface area contributed by atoms with Crippen molar-refractivity contribution in [2.45, 2.75) is 12.4 Å². The van der Waals surface area contributed by atoms with E-state index in [1.807, 2.05) is 0 Å². The van der Waals surface area contributed by atoms with Crippen molar-refractivity contribution in [2.24, 2.45) is 5.73 Å². The number of primary amides is 1. The zero-order valence-corrected chi connectivity index (χ0v) is 15.3. The topological polar surface area (TPSA) is 110 Å². The van der Waals surface area contributed by atoms with Crippen LogP contribution in [0.1, 0.15) is 21.5 Å². The van der Waals surface area contributed by atoms with Gasteiger partial charge in [0.25, 0.3) is 5.91 Å². The molecule has 4 N–H and O–H groups in total. The number of halogens is 7. The summed E-state index contributed by atoms with van der Waals surface area (Å²) in [6.45, 7) is 0. The van der Waals surface area contributed by atoms with Crippen molar-refractivity contribution in [3.63, 3.8) is 0 Å².